The lowest BCUT2D eigenvalue weighted by Crippen LogP contribution is -2.38. The van der Waals surface area contributed by atoms with Crippen molar-refractivity contribution in [3.8, 4) is 16.9 Å². The van der Waals surface area contributed by atoms with Gasteiger partial charge in [-0.25, -0.2) is 18.5 Å². The van der Waals surface area contributed by atoms with Gasteiger partial charge in [-0.3, -0.25) is 18.9 Å². The normalized spacial score (nSPS) is 25.4. The molecule has 2 unspecified atom stereocenters. The lowest BCUT2D eigenvalue weighted by atomic mass is 10.1. The Balaban J connectivity index is 1.78. The Kier molecular flexibility index (Phi) is 8.78. The number of hydrogen-bond donors (Lipinski definition) is 7. The van der Waals surface area contributed by atoms with E-state index in [1.807, 2.05) is 4.98 Å². The SMILES string of the molecule is COc1ccc(-c2cn([C@@H]3O[C@H](COP(=O)(O)OP(=O)(O)OP(=O)(O)O)[C@@H](O)[C@H]3O)c(=O)[nH]c2=O)cc1. The molecule has 2 aromatic rings. The van der Waals surface area contributed by atoms with E-state index in [0.717, 1.165) is 10.8 Å². The first kappa shape index (κ1) is 29.5. The Bertz CT molecular complexity index is 1380. The van der Waals surface area contributed by atoms with Crippen LogP contribution in [0, 0.1) is 0 Å². The van der Waals surface area contributed by atoms with Crippen molar-refractivity contribution in [2.45, 2.75) is 24.5 Å². The number of aromatic amines is 1. The molecule has 206 valence electrons. The van der Waals surface area contributed by atoms with Crippen LogP contribution < -0.4 is 16.0 Å². The Morgan fingerprint density at radius 1 is 0.973 bits per heavy atom. The van der Waals surface area contributed by atoms with Crippen LogP contribution in [0.4, 0.5) is 0 Å². The molecular weight excluding hydrogens is 569 g/mol. The molecule has 2 heterocycles. The third-order valence-corrected chi connectivity index (χ3v) is 8.60. The van der Waals surface area contributed by atoms with E-state index in [1.54, 1.807) is 12.1 Å². The van der Waals surface area contributed by atoms with E-state index in [1.165, 1.54) is 19.2 Å². The van der Waals surface area contributed by atoms with Gasteiger partial charge in [-0.05, 0) is 17.7 Å². The number of hydrogen-bond acceptors (Lipinski definition) is 12. The molecule has 1 aliphatic heterocycles. The maximum Gasteiger partial charge on any atom is 0.490 e. The van der Waals surface area contributed by atoms with Gasteiger partial charge < -0.3 is 39.3 Å². The van der Waals surface area contributed by atoms with Gasteiger partial charge in [0.25, 0.3) is 5.56 Å². The molecule has 1 aromatic carbocycles. The molecular formula is C16H21N2O16P3. The molecule has 0 spiro atoms. The third kappa shape index (κ3) is 7.52. The molecule has 7 N–H and O–H groups in total. The lowest BCUT2D eigenvalue weighted by Gasteiger charge is -2.19. The highest BCUT2D eigenvalue weighted by Gasteiger charge is 2.46. The van der Waals surface area contributed by atoms with Gasteiger partial charge in [0.15, 0.2) is 6.23 Å². The molecule has 6 atom stereocenters. The number of H-pyrrole nitrogens is 1. The number of nitrogens with one attached hydrogen (secondary N) is 1. The monoisotopic (exact) mass is 590 g/mol. The van der Waals surface area contributed by atoms with Crippen molar-refractivity contribution in [2.75, 3.05) is 13.7 Å². The molecule has 0 radical (unpaired) electrons. The van der Waals surface area contributed by atoms with Gasteiger partial charge >= 0.3 is 29.2 Å². The van der Waals surface area contributed by atoms with Crippen molar-refractivity contribution in [3.05, 3.63) is 51.3 Å². The molecule has 37 heavy (non-hydrogen) atoms. The van der Waals surface area contributed by atoms with Gasteiger partial charge in [-0.1, -0.05) is 12.1 Å². The van der Waals surface area contributed by atoms with Crippen LogP contribution in [0.3, 0.4) is 0 Å². The minimum Gasteiger partial charge on any atom is -0.497 e. The van der Waals surface area contributed by atoms with E-state index in [9.17, 15) is 43.3 Å². The fraction of sp³-hybridized carbons (Fsp3) is 0.375. The number of methoxy groups -OCH3 is 1. The summed E-state index contributed by atoms with van der Waals surface area (Å²) in [6.45, 7) is -1.08. The van der Waals surface area contributed by atoms with E-state index < -0.39 is 65.9 Å². The maximum atomic E-state index is 12.4. The summed E-state index contributed by atoms with van der Waals surface area (Å²) in [4.78, 5) is 62.6. The average Bonchev–Trinajstić information content (AvgIpc) is 3.04. The summed E-state index contributed by atoms with van der Waals surface area (Å²) < 4.78 is 56.6. The van der Waals surface area contributed by atoms with E-state index >= 15 is 0 Å². The molecule has 1 saturated heterocycles. The summed E-state index contributed by atoms with van der Waals surface area (Å²) >= 11 is 0. The zero-order valence-electron chi connectivity index (χ0n) is 18.5. The smallest absolute Gasteiger partial charge is 0.490 e. The second-order valence-electron chi connectivity index (χ2n) is 7.37. The van der Waals surface area contributed by atoms with Crippen LogP contribution in [0.2, 0.25) is 0 Å². The van der Waals surface area contributed by atoms with Crippen LogP contribution >= 0.6 is 23.5 Å². The zero-order chi connectivity index (χ0) is 27.8. The largest absolute Gasteiger partial charge is 0.497 e. The highest BCUT2D eigenvalue weighted by atomic mass is 31.3. The summed E-state index contributed by atoms with van der Waals surface area (Å²) in [6.07, 6.45) is -5.89. The minimum absolute atomic E-state index is 0.0238. The zero-order valence-corrected chi connectivity index (χ0v) is 21.1. The standard InChI is InChI=1S/C16H21N2O16P3/c1-30-9-4-2-8(3-5-9)10-6-18(16(22)17-14(10)21)15-13(20)12(19)11(32-15)7-31-36(26,27)34-37(28,29)33-35(23,24)25/h2-6,11-13,15,19-20H,7H2,1H3,(H,26,27)(H,28,29)(H,17,21,22)(H2,23,24,25)/t11-,12-,13-,15-/m1/s1. The van der Waals surface area contributed by atoms with Crippen LogP contribution in [-0.2, 0) is 31.6 Å². The Morgan fingerprint density at radius 2 is 1.59 bits per heavy atom. The summed E-state index contributed by atoms with van der Waals surface area (Å²) in [5, 5.41) is 20.7. The molecule has 1 fully saturated rings. The molecule has 0 amide bonds. The van der Waals surface area contributed by atoms with Gasteiger partial charge in [0, 0.05) is 6.20 Å². The van der Waals surface area contributed by atoms with Gasteiger partial charge in [-0.15, -0.1) is 0 Å². The topological polar surface area (TPSA) is 274 Å². The molecule has 1 aliphatic rings. The number of ether oxygens (including phenoxy) is 2. The number of nitrogens with zero attached hydrogens (tertiary/aromatic N) is 1. The lowest BCUT2D eigenvalue weighted by molar-refractivity contribution is -0.0541. The molecule has 1 aromatic heterocycles. The van der Waals surface area contributed by atoms with Crippen LogP contribution in [0.5, 0.6) is 5.75 Å². The number of aromatic nitrogens is 2. The number of rotatable bonds is 10. The van der Waals surface area contributed by atoms with Crippen molar-refractivity contribution >= 4 is 23.5 Å². The maximum absolute atomic E-state index is 12.4. The van der Waals surface area contributed by atoms with E-state index in [0.29, 0.717) is 11.3 Å². The second-order valence-corrected chi connectivity index (χ2v) is 11.8. The number of phosphoric ester groups is 1. The Morgan fingerprint density at radius 3 is 2.16 bits per heavy atom. The summed E-state index contributed by atoms with van der Waals surface area (Å²) in [5.41, 5.74) is -1.48. The van der Waals surface area contributed by atoms with Crippen molar-refractivity contribution < 1.29 is 66.1 Å². The van der Waals surface area contributed by atoms with Crippen molar-refractivity contribution in [1.29, 1.82) is 0 Å². The summed E-state index contributed by atoms with van der Waals surface area (Å²) in [7, 11) is -15.5. The molecule has 0 aliphatic carbocycles. The Labute approximate surface area is 206 Å². The molecule has 0 bridgehead atoms. The van der Waals surface area contributed by atoms with Crippen LogP contribution in [0.1, 0.15) is 6.23 Å². The van der Waals surface area contributed by atoms with Gasteiger partial charge in [0.1, 0.15) is 24.1 Å². The number of benzene rings is 1. The van der Waals surface area contributed by atoms with Crippen LogP contribution in [-0.4, -0.2) is 71.4 Å². The second kappa shape index (κ2) is 11.0. The predicted molar refractivity (Wildman–Crippen MR) is 119 cm³/mol. The summed E-state index contributed by atoms with van der Waals surface area (Å²) in [5.74, 6) is 0.491. The summed E-state index contributed by atoms with van der Waals surface area (Å²) in [6, 6.07) is 6.14. The first-order valence-corrected chi connectivity index (χ1v) is 14.3. The quantitative estimate of drug-likeness (QED) is 0.166. The third-order valence-electron chi connectivity index (χ3n) is 4.80. The highest BCUT2D eigenvalue weighted by molar-refractivity contribution is 7.66. The molecule has 0 saturated carbocycles. The van der Waals surface area contributed by atoms with Gasteiger partial charge in [-0.2, -0.15) is 8.62 Å². The van der Waals surface area contributed by atoms with Gasteiger partial charge in [0.05, 0.1) is 19.3 Å². The number of aliphatic hydroxyl groups excluding tert-OH is 2. The number of phosphoric acid groups is 3. The minimum atomic E-state index is -5.78. The van der Waals surface area contributed by atoms with E-state index in [-0.39, 0.29) is 5.56 Å². The fourth-order valence-electron chi connectivity index (χ4n) is 3.22. The first-order valence-electron chi connectivity index (χ1n) is 9.82. The van der Waals surface area contributed by atoms with Crippen LogP contribution in [0.15, 0.2) is 40.1 Å². The molecule has 18 nitrogen and oxygen atoms in total. The van der Waals surface area contributed by atoms with Crippen molar-refractivity contribution in [1.82, 2.24) is 9.55 Å². The Hall–Kier alpha value is -2.01. The van der Waals surface area contributed by atoms with Crippen molar-refractivity contribution in [3.63, 3.8) is 0 Å². The molecule has 3 rings (SSSR count). The first-order chi connectivity index (χ1) is 17.0. The highest BCUT2D eigenvalue weighted by Crippen LogP contribution is 2.66. The predicted octanol–water partition coefficient (Wildman–Crippen LogP) is -0.825. The van der Waals surface area contributed by atoms with Crippen molar-refractivity contribution in [2.24, 2.45) is 0 Å². The number of aliphatic hydroxyl groups is 2. The molecule has 21 heteroatoms. The average molecular weight is 590 g/mol. The van der Waals surface area contributed by atoms with E-state index in [4.69, 9.17) is 19.3 Å². The fourth-order valence-corrected chi connectivity index (χ4v) is 6.25. The van der Waals surface area contributed by atoms with E-state index in [2.05, 4.69) is 13.1 Å². The van der Waals surface area contributed by atoms with Gasteiger partial charge in [0.2, 0.25) is 0 Å². The van der Waals surface area contributed by atoms with Crippen LogP contribution in [0.25, 0.3) is 11.1 Å².